The number of ether oxygens (including phenoxy) is 2. The fourth-order valence-corrected chi connectivity index (χ4v) is 8.65. The lowest BCUT2D eigenvalue weighted by Crippen LogP contribution is -2.59. The van der Waals surface area contributed by atoms with Crippen LogP contribution < -0.4 is 19.7 Å². The topological polar surface area (TPSA) is 97.0 Å². The van der Waals surface area contributed by atoms with E-state index in [0.29, 0.717) is 42.8 Å². The zero-order chi connectivity index (χ0) is 30.9. The van der Waals surface area contributed by atoms with E-state index in [2.05, 4.69) is 27.1 Å². The van der Waals surface area contributed by atoms with Crippen molar-refractivity contribution >= 4 is 33.2 Å². The Morgan fingerprint density at radius 2 is 1.93 bits per heavy atom. The van der Waals surface area contributed by atoms with Crippen LogP contribution in [-0.2, 0) is 27.8 Å². The highest BCUT2D eigenvalue weighted by Crippen LogP contribution is 2.46. The maximum atomic E-state index is 13.4. The Hall–Kier alpha value is -2.59. The van der Waals surface area contributed by atoms with Crippen LogP contribution in [0.2, 0.25) is 5.02 Å². The van der Waals surface area contributed by atoms with E-state index in [0.717, 1.165) is 74.6 Å². The molecule has 6 rings (SSSR count). The van der Waals surface area contributed by atoms with E-state index in [9.17, 15) is 13.2 Å². The van der Waals surface area contributed by atoms with Crippen molar-refractivity contribution in [3.63, 3.8) is 0 Å². The molecule has 3 heterocycles. The molecule has 1 saturated heterocycles. The number of hydrogen-bond donors (Lipinski definition) is 2. The van der Waals surface area contributed by atoms with Crippen LogP contribution >= 0.6 is 11.6 Å². The Morgan fingerprint density at radius 1 is 1.07 bits per heavy atom. The van der Waals surface area contributed by atoms with Crippen molar-refractivity contribution in [1.29, 1.82) is 0 Å². The number of morpholine rings is 1. The van der Waals surface area contributed by atoms with Crippen molar-refractivity contribution in [3.8, 4) is 5.75 Å². The second-order valence-corrected chi connectivity index (χ2v) is 15.5. The number of anilines is 1. The molecule has 2 fully saturated rings. The predicted octanol–water partition coefficient (Wildman–Crippen LogP) is 5.49. The first-order chi connectivity index (χ1) is 21.1. The number of amides is 1. The van der Waals surface area contributed by atoms with Crippen molar-refractivity contribution in [2.45, 2.75) is 69.8 Å². The number of halogens is 1. The molecule has 10 heteroatoms. The number of carbonyl (C=O) groups is 1. The van der Waals surface area contributed by atoms with Gasteiger partial charge in [-0.1, -0.05) is 36.7 Å². The number of nitrogens with one attached hydrogen (secondary N) is 2. The van der Waals surface area contributed by atoms with E-state index < -0.39 is 26.8 Å². The van der Waals surface area contributed by atoms with E-state index in [1.165, 1.54) is 5.56 Å². The smallest absolute Gasteiger partial charge is 0.264 e. The molecule has 3 aliphatic heterocycles. The summed E-state index contributed by atoms with van der Waals surface area (Å²) in [7, 11) is -3.91. The summed E-state index contributed by atoms with van der Waals surface area (Å²) in [5.41, 5.74) is 2.98. The molecule has 1 aliphatic carbocycles. The van der Waals surface area contributed by atoms with E-state index in [1.54, 1.807) is 13.0 Å². The molecule has 5 atom stereocenters. The molecule has 2 bridgehead atoms. The van der Waals surface area contributed by atoms with Crippen molar-refractivity contribution in [3.05, 3.63) is 70.3 Å². The third-order valence-corrected chi connectivity index (χ3v) is 12.4. The van der Waals surface area contributed by atoms with Gasteiger partial charge in [0.25, 0.3) is 5.91 Å². The molecule has 2 N–H and O–H groups in total. The fourth-order valence-electron chi connectivity index (χ4n) is 7.17. The van der Waals surface area contributed by atoms with Gasteiger partial charge in [0.15, 0.2) is 0 Å². The first kappa shape index (κ1) is 31.4. The summed E-state index contributed by atoms with van der Waals surface area (Å²) < 4.78 is 42.1. The molecule has 4 aliphatic rings. The normalized spacial score (nSPS) is 31.7. The summed E-state index contributed by atoms with van der Waals surface area (Å²) in [5.74, 6) is 0.596. The van der Waals surface area contributed by atoms with Crippen LogP contribution in [0.3, 0.4) is 0 Å². The van der Waals surface area contributed by atoms with Gasteiger partial charge >= 0.3 is 0 Å². The lowest BCUT2D eigenvalue weighted by molar-refractivity contribution is -0.112. The minimum absolute atomic E-state index is 0.190. The van der Waals surface area contributed by atoms with Crippen LogP contribution in [0, 0.1) is 17.8 Å². The predicted molar refractivity (Wildman–Crippen MR) is 174 cm³/mol. The van der Waals surface area contributed by atoms with E-state index in [1.807, 2.05) is 37.3 Å². The Kier molecular flexibility index (Phi) is 9.30. The Labute approximate surface area is 266 Å². The average molecular weight is 642 g/mol. The number of hydrogen-bond acceptors (Lipinski definition) is 7. The van der Waals surface area contributed by atoms with E-state index >= 15 is 0 Å². The minimum Gasteiger partial charge on any atom is -0.487 e. The molecule has 0 radical (unpaired) electrons. The van der Waals surface area contributed by atoms with Gasteiger partial charge in [-0.05, 0) is 105 Å². The largest absolute Gasteiger partial charge is 0.487 e. The van der Waals surface area contributed by atoms with Gasteiger partial charge < -0.3 is 19.7 Å². The Morgan fingerprint density at radius 3 is 2.70 bits per heavy atom. The van der Waals surface area contributed by atoms with Gasteiger partial charge in [0.1, 0.15) is 18.0 Å². The maximum absolute atomic E-state index is 13.4. The monoisotopic (exact) mass is 641 g/mol. The first-order valence-electron chi connectivity index (χ1n) is 16.0. The van der Waals surface area contributed by atoms with Crippen LogP contribution in [-0.4, -0.2) is 58.0 Å². The molecule has 2 aromatic carbocycles. The highest BCUT2D eigenvalue weighted by atomic mass is 35.5. The summed E-state index contributed by atoms with van der Waals surface area (Å²) in [6, 6.07) is 11.2. The molecule has 238 valence electrons. The summed E-state index contributed by atoms with van der Waals surface area (Å²) >= 11 is 6.35. The van der Waals surface area contributed by atoms with Gasteiger partial charge in [0.05, 0.1) is 17.5 Å². The van der Waals surface area contributed by atoms with Crippen molar-refractivity contribution in [2.24, 2.45) is 17.8 Å². The molecule has 1 saturated carbocycles. The summed E-state index contributed by atoms with van der Waals surface area (Å²) in [5, 5.41) is 3.53. The van der Waals surface area contributed by atoms with Crippen molar-refractivity contribution in [2.75, 3.05) is 37.7 Å². The minimum atomic E-state index is -3.91. The van der Waals surface area contributed by atoms with Crippen LogP contribution in [0.1, 0.15) is 67.4 Å². The van der Waals surface area contributed by atoms with Crippen LogP contribution in [0.25, 0.3) is 0 Å². The third-order valence-electron chi connectivity index (χ3n) is 10.2. The molecular formula is C34H44ClN3O5S. The molecular weight excluding hydrogens is 598 g/mol. The molecule has 2 aromatic rings. The van der Waals surface area contributed by atoms with Gasteiger partial charge in [-0.15, -0.1) is 0 Å². The van der Waals surface area contributed by atoms with Gasteiger partial charge in [0, 0.05) is 36.8 Å². The maximum Gasteiger partial charge on any atom is 0.264 e. The zero-order valence-corrected chi connectivity index (χ0v) is 27.3. The lowest BCUT2D eigenvalue weighted by atomic mass is 9.63. The molecule has 44 heavy (non-hydrogen) atoms. The highest BCUT2D eigenvalue weighted by Gasteiger charge is 2.48. The van der Waals surface area contributed by atoms with E-state index in [4.69, 9.17) is 21.1 Å². The van der Waals surface area contributed by atoms with Gasteiger partial charge in [-0.3, -0.25) is 4.79 Å². The standard InChI is InChI=1S/C34H44ClN3O5S/c1-23-6-5-14-34(22-36-15-17-43-34)30-12-9-27(30)20-38-16-4-3-7-25-18-29(35)11-8-28(25)21-42-32-13-10-26(19-31(32)38)33(39)37-44(40,41)24(23)2/h5,8,10-11,13-14,18-19,23-24,27,30,36H,3-4,6-7,9,12,15-17,20-22H2,1-2H3,(H,37,39)/b14-5+/t23-,24+,27-,30+,34-/m0/s1. The van der Waals surface area contributed by atoms with Crippen LogP contribution in [0.4, 0.5) is 5.69 Å². The van der Waals surface area contributed by atoms with Crippen LogP contribution in [0.5, 0.6) is 5.75 Å². The number of sulfonamides is 1. The number of benzene rings is 2. The number of rotatable bonds is 0. The molecule has 0 unspecified atom stereocenters. The third kappa shape index (κ3) is 6.52. The number of aryl methyl sites for hydroxylation is 1. The molecule has 1 amide bonds. The summed E-state index contributed by atoms with van der Waals surface area (Å²) in [6.45, 7) is 7.77. The Bertz CT molecular complexity index is 1510. The average Bonchev–Trinajstić information content (AvgIpc) is 3.01. The number of nitrogens with zero attached hydrogens (tertiary/aromatic N) is 1. The fraction of sp³-hybridized carbons (Fsp3) is 0.559. The van der Waals surface area contributed by atoms with Gasteiger partial charge in [-0.25, -0.2) is 13.1 Å². The molecule has 8 nitrogen and oxygen atoms in total. The zero-order valence-electron chi connectivity index (χ0n) is 25.7. The van der Waals surface area contributed by atoms with Crippen LogP contribution in [0.15, 0.2) is 48.6 Å². The summed E-state index contributed by atoms with van der Waals surface area (Å²) in [4.78, 5) is 15.8. The lowest BCUT2D eigenvalue weighted by Gasteiger charge is -2.51. The summed E-state index contributed by atoms with van der Waals surface area (Å²) in [6.07, 6.45) is 9.89. The molecule has 1 spiro atoms. The number of carbonyl (C=O) groups excluding carboxylic acids is 1. The SMILES string of the molecule is C[C@@H]1[C@@H](C)C/C=C/[C@]2(CNCCO2)[C@@H]2CC[C@H]2CN2CCCCc3cc(Cl)ccc3COc3ccc(cc32)C(=O)NS1(=O)=O. The molecule has 0 aromatic heterocycles. The second-order valence-electron chi connectivity index (χ2n) is 13.0. The second kappa shape index (κ2) is 13.0. The first-order valence-corrected chi connectivity index (χ1v) is 17.9. The van der Waals surface area contributed by atoms with Gasteiger partial charge in [-0.2, -0.15) is 0 Å². The van der Waals surface area contributed by atoms with Crippen molar-refractivity contribution in [1.82, 2.24) is 10.0 Å². The van der Waals surface area contributed by atoms with Crippen molar-refractivity contribution < 1.29 is 22.7 Å². The quantitative estimate of drug-likeness (QED) is 0.367. The van der Waals surface area contributed by atoms with Gasteiger partial charge in [0.2, 0.25) is 10.0 Å². The highest BCUT2D eigenvalue weighted by molar-refractivity contribution is 7.90. The number of fused-ring (bicyclic) bond motifs is 4. The number of allylic oxidation sites excluding steroid dienone is 1. The van der Waals surface area contributed by atoms with E-state index in [-0.39, 0.29) is 5.92 Å². The Balaban J connectivity index is 1.41.